The predicted molar refractivity (Wildman–Crippen MR) is 102 cm³/mol. The molecule has 1 saturated heterocycles. The van der Waals surface area contributed by atoms with Crippen molar-refractivity contribution < 1.29 is 14.3 Å². The lowest BCUT2D eigenvalue weighted by molar-refractivity contribution is -0.126. The number of amides is 2. The summed E-state index contributed by atoms with van der Waals surface area (Å²) in [5.74, 6) is 0.0503. The number of pyridine rings is 1. The maximum atomic E-state index is 12.6. The van der Waals surface area contributed by atoms with E-state index in [2.05, 4.69) is 16.4 Å². The van der Waals surface area contributed by atoms with Gasteiger partial charge >= 0.3 is 6.09 Å². The molecule has 0 spiro atoms. The van der Waals surface area contributed by atoms with Crippen LogP contribution in [-0.4, -0.2) is 41.5 Å². The van der Waals surface area contributed by atoms with Crippen LogP contribution in [0.5, 0.6) is 0 Å². The minimum Gasteiger partial charge on any atom is -0.445 e. The molecule has 1 fully saturated rings. The molecule has 1 aliphatic rings. The first-order chi connectivity index (χ1) is 13.1. The van der Waals surface area contributed by atoms with Crippen LogP contribution in [-0.2, 0) is 16.1 Å². The summed E-state index contributed by atoms with van der Waals surface area (Å²) in [4.78, 5) is 30.8. The van der Waals surface area contributed by atoms with Crippen LogP contribution in [0.25, 0.3) is 0 Å². The number of carbonyl (C=O) groups is 2. The van der Waals surface area contributed by atoms with E-state index >= 15 is 0 Å². The van der Waals surface area contributed by atoms with Crippen molar-refractivity contribution in [3.05, 3.63) is 65.5 Å². The van der Waals surface area contributed by atoms with Crippen molar-refractivity contribution in [3.63, 3.8) is 0 Å². The Balaban J connectivity index is 1.69. The summed E-state index contributed by atoms with van der Waals surface area (Å²) in [6.07, 6.45) is 2.71. The fourth-order valence-corrected chi connectivity index (χ4v) is 3.53. The first-order valence-electron chi connectivity index (χ1n) is 9.20. The third kappa shape index (κ3) is 4.64. The highest BCUT2D eigenvalue weighted by atomic mass is 16.6. The number of likely N-dealkylation sites (N-methyl/N-ethyl adjacent to an activating group) is 1. The third-order valence-corrected chi connectivity index (χ3v) is 4.98. The van der Waals surface area contributed by atoms with Crippen molar-refractivity contribution in [2.75, 3.05) is 13.6 Å². The van der Waals surface area contributed by atoms with Gasteiger partial charge in [-0.3, -0.25) is 14.7 Å². The Bertz CT molecular complexity index is 794. The summed E-state index contributed by atoms with van der Waals surface area (Å²) < 4.78 is 5.45. The maximum Gasteiger partial charge on any atom is 0.410 e. The largest absolute Gasteiger partial charge is 0.445 e. The van der Waals surface area contributed by atoms with Gasteiger partial charge in [-0.1, -0.05) is 30.3 Å². The van der Waals surface area contributed by atoms with Crippen LogP contribution in [0.3, 0.4) is 0 Å². The number of aryl methyl sites for hydroxylation is 1. The van der Waals surface area contributed by atoms with Gasteiger partial charge in [-0.25, -0.2) is 4.79 Å². The number of aromatic nitrogens is 1. The molecule has 2 atom stereocenters. The van der Waals surface area contributed by atoms with Crippen molar-refractivity contribution in [2.24, 2.45) is 0 Å². The van der Waals surface area contributed by atoms with Crippen molar-refractivity contribution in [2.45, 2.75) is 38.3 Å². The topological polar surface area (TPSA) is 71.5 Å². The summed E-state index contributed by atoms with van der Waals surface area (Å²) in [7, 11) is 1.59. The van der Waals surface area contributed by atoms with Gasteiger partial charge in [0, 0.05) is 25.5 Å². The lowest BCUT2D eigenvalue weighted by Gasteiger charge is -2.37. The molecule has 27 heavy (non-hydrogen) atoms. The molecule has 6 nitrogen and oxygen atoms in total. The van der Waals surface area contributed by atoms with Gasteiger partial charge in [0.15, 0.2) is 0 Å². The van der Waals surface area contributed by atoms with E-state index in [0.29, 0.717) is 13.0 Å². The minimum absolute atomic E-state index is 0.165. The number of nitrogens with zero attached hydrogens (tertiary/aromatic N) is 2. The molecule has 2 aromatic rings. The van der Waals surface area contributed by atoms with Crippen LogP contribution in [0.4, 0.5) is 4.79 Å². The first-order valence-corrected chi connectivity index (χ1v) is 9.20. The lowest BCUT2D eigenvalue weighted by atomic mass is 9.85. The van der Waals surface area contributed by atoms with Gasteiger partial charge < -0.3 is 10.1 Å². The summed E-state index contributed by atoms with van der Waals surface area (Å²) in [6, 6.07) is 13.0. The van der Waals surface area contributed by atoms with Gasteiger partial charge in [-0.15, -0.1) is 0 Å². The second-order valence-corrected chi connectivity index (χ2v) is 6.82. The molecule has 6 heteroatoms. The maximum absolute atomic E-state index is 12.6. The van der Waals surface area contributed by atoms with E-state index in [4.69, 9.17) is 4.74 Å². The Morgan fingerprint density at radius 1 is 1.26 bits per heavy atom. The molecule has 2 amide bonds. The van der Waals surface area contributed by atoms with Gasteiger partial charge in [0.25, 0.3) is 0 Å². The summed E-state index contributed by atoms with van der Waals surface area (Å²) in [6.45, 7) is 2.64. The fraction of sp³-hybridized carbons (Fsp3) is 0.381. The van der Waals surface area contributed by atoms with E-state index in [1.807, 2.05) is 43.3 Å². The number of ether oxygens (including phenoxy) is 1. The zero-order chi connectivity index (χ0) is 19.2. The van der Waals surface area contributed by atoms with Crippen molar-refractivity contribution in [3.8, 4) is 0 Å². The molecule has 0 saturated carbocycles. The predicted octanol–water partition coefficient (Wildman–Crippen LogP) is 3.02. The normalized spacial score (nSPS) is 19.4. The highest BCUT2D eigenvalue weighted by molar-refractivity contribution is 5.85. The molecule has 3 rings (SSSR count). The van der Waals surface area contributed by atoms with Crippen molar-refractivity contribution in [1.29, 1.82) is 0 Å². The summed E-state index contributed by atoms with van der Waals surface area (Å²) >= 11 is 0. The average molecular weight is 367 g/mol. The van der Waals surface area contributed by atoms with E-state index < -0.39 is 12.1 Å². The number of nitrogens with one attached hydrogen (secondary N) is 1. The standard InChI is InChI=1S/C21H25N3O3/c1-15-12-17(8-10-23-15)18-9-11-24(19(13-18)20(25)22-2)21(26)27-14-16-6-4-3-5-7-16/h3-8,10,12,18-19H,9,11,13-14H2,1-2H3,(H,22,25). The van der Waals surface area contributed by atoms with Crippen molar-refractivity contribution >= 4 is 12.0 Å². The SMILES string of the molecule is CNC(=O)C1CC(c2ccnc(C)c2)CCN1C(=O)OCc1ccccc1. The fourth-order valence-electron chi connectivity index (χ4n) is 3.53. The van der Waals surface area contributed by atoms with Gasteiger partial charge in [0.1, 0.15) is 12.6 Å². The highest BCUT2D eigenvalue weighted by Crippen LogP contribution is 2.32. The zero-order valence-corrected chi connectivity index (χ0v) is 15.7. The molecule has 1 aromatic heterocycles. The molecule has 1 N–H and O–H groups in total. The Morgan fingerprint density at radius 2 is 2.04 bits per heavy atom. The lowest BCUT2D eigenvalue weighted by Crippen LogP contribution is -2.52. The summed E-state index contributed by atoms with van der Waals surface area (Å²) in [5, 5.41) is 2.68. The number of carbonyl (C=O) groups excluding carboxylic acids is 2. The van der Waals surface area contributed by atoms with Crippen LogP contribution in [0.15, 0.2) is 48.7 Å². The molecule has 2 unspecified atom stereocenters. The molecular weight excluding hydrogens is 342 g/mol. The van der Waals surface area contributed by atoms with E-state index in [1.165, 1.54) is 0 Å². The summed E-state index contributed by atoms with van der Waals surface area (Å²) in [5.41, 5.74) is 3.03. The molecule has 1 aromatic carbocycles. The smallest absolute Gasteiger partial charge is 0.410 e. The van der Waals surface area contributed by atoms with Crippen molar-refractivity contribution in [1.82, 2.24) is 15.2 Å². The Hall–Kier alpha value is -2.89. The van der Waals surface area contributed by atoms with Crippen LogP contribution < -0.4 is 5.32 Å². The number of rotatable bonds is 4. The molecule has 0 aliphatic carbocycles. The highest BCUT2D eigenvalue weighted by Gasteiger charge is 2.37. The van der Waals surface area contributed by atoms with E-state index in [1.54, 1.807) is 18.1 Å². The molecule has 0 radical (unpaired) electrons. The Kier molecular flexibility index (Phi) is 6.06. The second kappa shape index (κ2) is 8.66. The molecule has 1 aliphatic heterocycles. The average Bonchev–Trinajstić information content (AvgIpc) is 2.71. The molecule has 2 heterocycles. The first kappa shape index (κ1) is 18.9. The van der Waals surface area contributed by atoms with Gasteiger partial charge in [-0.05, 0) is 48.9 Å². The monoisotopic (exact) mass is 367 g/mol. The molecular formula is C21H25N3O3. The van der Waals surface area contributed by atoms with Gasteiger partial charge in [0.2, 0.25) is 5.91 Å². The quantitative estimate of drug-likeness (QED) is 0.902. The van der Waals surface area contributed by atoms with Crippen LogP contribution in [0, 0.1) is 6.92 Å². The van der Waals surface area contributed by atoms with E-state index in [9.17, 15) is 9.59 Å². The van der Waals surface area contributed by atoms with E-state index in [0.717, 1.165) is 23.2 Å². The van der Waals surface area contributed by atoms with Crippen LogP contribution in [0.1, 0.15) is 35.6 Å². The minimum atomic E-state index is -0.537. The number of hydrogen-bond donors (Lipinski definition) is 1. The molecule has 142 valence electrons. The molecule has 0 bridgehead atoms. The van der Waals surface area contributed by atoms with Crippen LogP contribution in [0.2, 0.25) is 0 Å². The zero-order valence-electron chi connectivity index (χ0n) is 15.7. The third-order valence-electron chi connectivity index (χ3n) is 4.98. The van der Waals surface area contributed by atoms with Crippen LogP contribution >= 0.6 is 0 Å². The second-order valence-electron chi connectivity index (χ2n) is 6.82. The number of likely N-dealkylation sites (tertiary alicyclic amines) is 1. The van der Waals surface area contributed by atoms with E-state index in [-0.39, 0.29) is 18.4 Å². The number of piperidine rings is 1. The number of benzene rings is 1. The van der Waals surface area contributed by atoms with Gasteiger partial charge in [0.05, 0.1) is 0 Å². The van der Waals surface area contributed by atoms with Gasteiger partial charge in [-0.2, -0.15) is 0 Å². The number of hydrogen-bond acceptors (Lipinski definition) is 4. The Labute approximate surface area is 159 Å². The Morgan fingerprint density at radius 3 is 2.74 bits per heavy atom.